The lowest BCUT2D eigenvalue weighted by atomic mass is 9.77. The summed E-state index contributed by atoms with van der Waals surface area (Å²) in [6, 6.07) is 13.3. The maximum absolute atomic E-state index is 13.6. The summed E-state index contributed by atoms with van der Waals surface area (Å²) in [7, 11) is 1.43. The van der Waals surface area contributed by atoms with Gasteiger partial charge in [-0.1, -0.05) is 12.1 Å². The van der Waals surface area contributed by atoms with Crippen LogP contribution < -0.4 is 15.0 Å². The van der Waals surface area contributed by atoms with Gasteiger partial charge in [0, 0.05) is 11.3 Å². The fourth-order valence-corrected chi connectivity index (χ4v) is 5.02. The molecule has 1 aromatic heterocycles. The molecule has 1 saturated carbocycles. The molecule has 5 rings (SSSR count). The molecule has 2 heterocycles. The number of hydrogen-bond donors (Lipinski definition) is 1. The zero-order valence-electron chi connectivity index (χ0n) is 21.0. The number of hydrogen-bond acceptors (Lipinski definition) is 6. The number of aromatic nitrogens is 2. The number of nitriles is 1. The number of halogens is 3. The molecule has 2 amide bonds. The van der Waals surface area contributed by atoms with Gasteiger partial charge in [-0.2, -0.15) is 10.4 Å². The smallest absolute Gasteiger partial charge is 0.495 e. The predicted octanol–water partition coefficient (Wildman–Crippen LogP) is 4.85. The summed E-state index contributed by atoms with van der Waals surface area (Å²) in [4.78, 5) is 28.1. The third-order valence-electron chi connectivity index (χ3n) is 7.01. The second kappa shape index (κ2) is 10.1. The van der Waals surface area contributed by atoms with Crippen LogP contribution in [0.4, 0.5) is 24.5 Å². The number of rotatable bonds is 6. The van der Waals surface area contributed by atoms with E-state index in [4.69, 9.17) is 4.74 Å². The summed E-state index contributed by atoms with van der Waals surface area (Å²) in [6.07, 6.45) is -3.50. The fourth-order valence-electron chi connectivity index (χ4n) is 5.02. The Kier molecular flexibility index (Phi) is 6.78. The Balaban J connectivity index is 1.31. The minimum Gasteiger partial charge on any atom is -0.495 e. The van der Waals surface area contributed by atoms with Gasteiger partial charge in [-0.05, 0) is 61.6 Å². The first-order valence-electron chi connectivity index (χ1n) is 12.2. The largest absolute Gasteiger partial charge is 0.522 e. The Hall–Kier alpha value is -4.37. The van der Waals surface area contributed by atoms with Crippen molar-refractivity contribution in [3.63, 3.8) is 0 Å². The second-order valence-electron chi connectivity index (χ2n) is 9.54. The van der Waals surface area contributed by atoms with Crippen LogP contribution in [0.2, 0.25) is 0 Å². The number of fused-ring (bicyclic) bond motifs is 1. The van der Waals surface area contributed by atoms with Gasteiger partial charge in [0.1, 0.15) is 17.5 Å². The molecule has 39 heavy (non-hydrogen) atoms. The summed E-state index contributed by atoms with van der Waals surface area (Å²) in [5.74, 6) is -0.567. The number of anilines is 2. The Bertz CT molecular complexity index is 1460. The first kappa shape index (κ1) is 26.2. The Morgan fingerprint density at radius 3 is 2.54 bits per heavy atom. The van der Waals surface area contributed by atoms with Crippen molar-refractivity contribution in [3.05, 3.63) is 71.0 Å². The first-order chi connectivity index (χ1) is 18.6. The molecule has 0 bridgehead atoms. The molecular formula is C27H24F3N5O4. The maximum atomic E-state index is 13.6. The molecule has 2 aliphatic rings. The van der Waals surface area contributed by atoms with Crippen LogP contribution in [0.1, 0.15) is 57.7 Å². The fraction of sp³-hybridized carbons (Fsp3) is 0.333. The highest BCUT2D eigenvalue weighted by atomic mass is 19.4. The second-order valence-corrected chi connectivity index (χ2v) is 9.54. The highest BCUT2D eigenvalue weighted by molar-refractivity contribution is 6.13. The van der Waals surface area contributed by atoms with Crippen LogP contribution in [-0.4, -0.2) is 47.2 Å². The van der Waals surface area contributed by atoms with Gasteiger partial charge in [0.15, 0.2) is 0 Å². The Labute approximate surface area is 221 Å². The van der Waals surface area contributed by atoms with Crippen LogP contribution in [0.15, 0.2) is 48.7 Å². The lowest BCUT2D eigenvalue weighted by Crippen LogP contribution is -2.47. The van der Waals surface area contributed by atoms with E-state index in [9.17, 15) is 28.0 Å². The zero-order chi connectivity index (χ0) is 27.9. The minimum absolute atomic E-state index is 0.0383. The van der Waals surface area contributed by atoms with E-state index in [1.165, 1.54) is 36.2 Å². The van der Waals surface area contributed by atoms with Crippen molar-refractivity contribution in [1.82, 2.24) is 9.78 Å². The van der Waals surface area contributed by atoms with Gasteiger partial charge in [-0.25, -0.2) is 0 Å². The summed E-state index contributed by atoms with van der Waals surface area (Å²) in [5.41, 5.74) is 2.37. The van der Waals surface area contributed by atoms with Crippen LogP contribution >= 0.6 is 0 Å². The normalized spacial score (nSPS) is 20.6. The average Bonchev–Trinajstić information content (AvgIpc) is 3.27. The number of ether oxygens (including phenoxy) is 2. The van der Waals surface area contributed by atoms with Gasteiger partial charge in [0.05, 0.1) is 43.2 Å². The van der Waals surface area contributed by atoms with Crippen molar-refractivity contribution in [2.24, 2.45) is 0 Å². The molecule has 0 saturated heterocycles. The van der Waals surface area contributed by atoms with E-state index in [1.807, 2.05) is 25.1 Å². The lowest BCUT2D eigenvalue weighted by Gasteiger charge is -2.36. The first-order valence-corrected chi connectivity index (χ1v) is 12.2. The third-order valence-corrected chi connectivity index (χ3v) is 7.01. The van der Waals surface area contributed by atoms with Crippen molar-refractivity contribution in [1.29, 1.82) is 5.26 Å². The molecule has 0 radical (unpaired) electrons. The molecule has 1 fully saturated rings. The monoisotopic (exact) mass is 539 g/mol. The highest BCUT2D eigenvalue weighted by Crippen LogP contribution is 2.42. The number of nitrogens with zero attached hydrogens (tertiary/aromatic N) is 4. The molecule has 0 spiro atoms. The summed E-state index contributed by atoms with van der Waals surface area (Å²) >= 11 is 0. The Morgan fingerprint density at radius 1 is 1.18 bits per heavy atom. The summed E-state index contributed by atoms with van der Waals surface area (Å²) in [5, 5.41) is 16.3. The van der Waals surface area contributed by atoms with Crippen LogP contribution in [0, 0.1) is 11.3 Å². The van der Waals surface area contributed by atoms with Gasteiger partial charge in [-0.3, -0.25) is 19.0 Å². The summed E-state index contributed by atoms with van der Waals surface area (Å²) in [6.45, 7) is 2.26. The summed E-state index contributed by atoms with van der Waals surface area (Å²) < 4.78 is 48.0. The van der Waals surface area contributed by atoms with E-state index in [1.54, 1.807) is 17.0 Å². The van der Waals surface area contributed by atoms with Gasteiger partial charge >= 0.3 is 6.36 Å². The van der Waals surface area contributed by atoms with E-state index in [2.05, 4.69) is 15.2 Å². The van der Waals surface area contributed by atoms with E-state index in [-0.39, 0.29) is 53.2 Å². The van der Waals surface area contributed by atoms with E-state index in [0.717, 1.165) is 5.56 Å². The molecule has 1 N–H and O–H groups in total. The standard InChI is InChI=1S/C27H24F3N5O4/c1-15-14-34-24(22(13-32-34)33-25(36)17-5-8-23(38-2)19(9-17)12-31)26(37)35(15)20-6-3-16(4-7-20)18-10-21(11-18)39-27(28,29)30/h3-9,13,15,18,21H,10-11,14H2,1-2H3,(H,33,36)/t15-,18-,21+/m0/s1. The highest BCUT2D eigenvalue weighted by Gasteiger charge is 2.41. The number of carbonyl (C=O) groups excluding carboxylic acids is 2. The molecule has 2 aromatic carbocycles. The van der Waals surface area contributed by atoms with Crippen LogP contribution in [-0.2, 0) is 11.3 Å². The van der Waals surface area contributed by atoms with Crippen LogP contribution in [0.5, 0.6) is 5.75 Å². The quantitative estimate of drug-likeness (QED) is 0.480. The van der Waals surface area contributed by atoms with E-state index < -0.39 is 18.4 Å². The number of nitrogens with one attached hydrogen (secondary N) is 1. The number of benzene rings is 2. The van der Waals surface area contributed by atoms with E-state index in [0.29, 0.717) is 18.0 Å². The predicted molar refractivity (Wildman–Crippen MR) is 134 cm³/mol. The van der Waals surface area contributed by atoms with Gasteiger partial charge in [0.2, 0.25) is 0 Å². The zero-order valence-corrected chi connectivity index (χ0v) is 21.0. The SMILES string of the molecule is COc1ccc(C(=O)Nc2cnn3c2C(=O)N(c2ccc([C@H]4C[C@@H](OC(F)(F)F)C4)cc2)[C@@H](C)C3)cc1C#N. The minimum atomic E-state index is -4.64. The molecule has 12 heteroatoms. The molecule has 1 atom stereocenters. The van der Waals surface area contributed by atoms with Crippen LogP contribution in [0.3, 0.4) is 0 Å². The molecule has 1 aliphatic carbocycles. The topological polar surface area (TPSA) is 109 Å². The number of carbonyl (C=O) groups is 2. The van der Waals surface area contributed by atoms with Crippen molar-refractivity contribution >= 4 is 23.2 Å². The van der Waals surface area contributed by atoms with Crippen LogP contribution in [0.25, 0.3) is 0 Å². The van der Waals surface area contributed by atoms with Gasteiger partial charge < -0.3 is 15.0 Å². The lowest BCUT2D eigenvalue weighted by molar-refractivity contribution is -0.351. The number of alkyl halides is 3. The van der Waals surface area contributed by atoms with Gasteiger partial charge in [-0.15, -0.1) is 13.2 Å². The van der Waals surface area contributed by atoms with Gasteiger partial charge in [0.25, 0.3) is 11.8 Å². The number of amides is 2. The van der Waals surface area contributed by atoms with Crippen molar-refractivity contribution in [2.75, 3.05) is 17.3 Å². The van der Waals surface area contributed by atoms with Crippen molar-refractivity contribution in [3.8, 4) is 11.8 Å². The maximum Gasteiger partial charge on any atom is 0.522 e. The van der Waals surface area contributed by atoms with Crippen molar-refractivity contribution < 1.29 is 32.2 Å². The molecule has 9 nitrogen and oxygen atoms in total. The third kappa shape index (κ3) is 5.18. The molecular weight excluding hydrogens is 515 g/mol. The molecule has 3 aromatic rings. The average molecular weight is 540 g/mol. The molecule has 202 valence electrons. The molecule has 0 unspecified atom stereocenters. The Morgan fingerprint density at radius 2 is 1.90 bits per heavy atom. The number of methoxy groups -OCH3 is 1. The molecule has 1 aliphatic heterocycles. The van der Waals surface area contributed by atoms with E-state index >= 15 is 0 Å². The van der Waals surface area contributed by atoms with Crippen molar-refractivity contribution in [2.45, 2.75) is 50.7 Å².